The predicted molar refractivity (Wildman–Crippen MR) is 73.4 cm³/mol. The fourth-order valence-corrected chi connectivity index (χ4v) is 2.01. The van der Waals surface area contributed by atoms with E-state index in [1.54, 1.807) is 0 Å². The van der Waals surface area contributed by atoms with E-state index in [0.717, 1.165) is 4.57 Å². The van der Waals surface area contributed by atoms with Gasteiger partial charge in [0.05, 0.1) is 0 Å². The quantitative estimate of drug-likeness (QED) is 0.434. The van der Waals surface area contributed by atoms with Crippen LogP contribution in [0.5, 0.6) is 0 Å². The molecule has 1 saturated heterocycles. The Morgan fingerprint density at radius 2 is 2.23 bits per heavy atom. The minimum atomic E-state index is -1.39. The van der Waals surface area contributed by atoms with Gasteiger partial charge in [0.15, 0.2) is 6.23 Å². The first-order valence-electron chi connectivity index (χ1n) is 6.59. The van der Waals surface area contributed by atoms with E-state index in [1.165, 1.54) is 19.2 Å². The molecule has 0 bridgehead atoms. The highest BCUT2D eigenvalue weighted by Crippen LogP contribution is 2.28. The third kappa shape index (κ3) is 3.25. The van der Waals surface area contributed by atoms with Crippen molar-refractivity contribution in [3.8, 4) is 0 Å². The monoisotopic (exact) mass is 314 g/mol. The standard InChI is InChI=1S/C12H18N4O6/c1-5(13)11(19)21-4-6-8(17)9(18)10(22-6)16-3-2-7(14)15-12(16)20/h2-3,5-6,8-10,17-18H,4,13H2,1H3,(H2,14,15,20). The van der Waals surface area contributed by atoms with Crippen LogP contribution in [0.25, 0.3) is 0 Å². The molecule has 0 aromatic carbocycles. The van der Waals surface area contributed by atoms with Gasteiger partial charge in [0.1, 0.15) is 36.8 Å². The molecule has 5 atom stereocenters. The van der Waals surface area contributed by atoms with Crippen LogP contribution in [-0.4, -0.2) is 56.7 Å². The molecule has 0 saturated carbocycles. The summed E-state index contributed by atoms with van der Waals surface area (Å²) in [5.41, 5.74) is 9.99. The number of carbonyl (C=O) groups excluding carboxylic acids is 1. The van der Waals surface area contributed by atoms with E-state index in [0.29, 0.717) is 0 Å². The fourth-order valence-electron chi connectivity index (χ4n) is 2.01. The Balaban J connectivity index is 2.10. The van der Waals surface area contributed by atoms with E-state index < -0.39 is 42.2 Å². The molecule has 1 fully saturated rings. The number of nitrogens with two attached hydrogens (primary N) is 2. The number of nitrogen functional groups attached to an aromatic ring is 1. The normalized spacial score (nSPS) is 29.3. The Morgan fingerprint density at radius 3 is 2.82 bits per heavy atom. The molecule has 0 radical (unpaired) electrons. The summed E-state index contributed by atoms with van der Waals surface area (Å²) < 4.78 is 11.2. The van der Waals surface area contributed by atoms with Crippen LogP contribution in [-0.2, 0) is 14.3 Å². The van der Waals surface area contributed by atoms with Crippen LogP contribution in [0.15, 0.2) is 17.1 Å². The summed E-state index contributed by atoms with van der Waals surface area (Å²) in [5, 5.41) is 19.9. The summed E-state index contributed by atoms with van der Waals surface area (Å²) in [6.07, 6.45) is -3.58. The number of esters is 1. The maximum Gasteiger partial charge on any atom is 0.351 e. The van der Waals surface area contributed by atoms with Gasteiger partial charge in [0, 0.05) is 6.20 Å². The molecule has 0 spiro atoms. The molecule has 1 aromatic rings. The number of rotatable bonds is 4. The molecule has 10 nitrogen and oxygen atoms in total. The fraction of sp³-hybridized carbons (Fsp3) is 0.583. The molecular formula is C12H18N4O6. The molecule has 10 heteroatoms. The van der Waals surface area contributed by atoms with Gasteiger partial charge in [0.2, 0.25) is 0 Å². The van der Waals surface area contributed by atoms with Gasteiger partial charge >= 0.3 is 11.7 Å². The third-order valence-corrected chi connectivity index (χ3v) is 3.22. The number of nitrogens with zero attached hydrogens (tertiary/aromatic N) is 2. The molecule has 22 heavy (non-hydrogen) atoms. The van der Waals surface area contributed by atoms with E-state index in [-0.39, 0.29) is 12.4 Å². The molecule has 6 N–H and O–H groups in total. The summed E-state index contributed by atoms with van der Waals surface area (Å²) in [5.74, 6) is -0.642. The second kappa shape index (κ2) is 6.40. The molecule has 1 aromatic heterocycles. The Morgan fingerprint density at radius 1 is 1.55 bits per heavy atom. The molecule has 2 heterocycles. The minimum absolute atomic E-state index is 0.0247. The average molecular weight is 314 g/mol. The van der Waals surface area contributed by atoms with Crippen molar-refractivity contribution in [2.45, 2.75) is 37.5 Å². The second-order valence-corrected chi connectivity index (χ2v) is 5.01. The minimum Gasteiger partial charge on any atom is -0.462 e. The highest BCUT2D eigenvalue weighted by molar-refractivity contribution is 5.74. The van der Waals surface area contributed by atoms with Gasteiger partial charge in [-0.25, -0.2) is 4.79 Å². The number of ether oxygens (including phenoxy) is 2. The summed E-state index contributed by atoms with van der Waals surface area (Å²) in [4.78, 5) is 26.6. The van der Waals surface area contributed by atoms with Gasteiger partial charge in [-0.1, -0.05) is 0 Å². The maximum atomic E-state index is 11.7. The van der Waals surface area contributed by atoms with Crippen molar-refractivity contribution in [2.75, 3.05) is 12.3 Å². The molecular weight excluding hydrogens is 296 g/mol. The van der Waals surface area contributed by atoms with Crippen molar-refractivity contribution >= 4 is 11.8 Å². The average Bonchev–Trinajstić information content (AvgIpc) is 2.73. The summed E-state index contributed by atoms with van der Waals surface area (Å²) in [6.45, 7) is 1.15. The van der Waals surface area contributed by atoms with Crippen molar-refractivity contribution in [3.63, 3.8) is 0 Å². The van der Waals surface area contributed by atoms with Crippen LogP contribution in [0.2, 0.25) is 0 Å². The first-order valence-corrected chi connectivity index (χ1v) is 6.59. The Labute approximate surface area is 125 Å². The van der Waals surface area contributed by atoms with Gasteiger partial charge in [-0.05, 0) is 13.0 Å². The summed E-state index contributed by atoms with van der Waals surface area (Å²) >= 11 is 0. The highest BCUT2D eigenvalue weighted by Gasteiger charge is 2.44. The van der Waals surface area contributed by atoms with Crippen LogP contribution in [0, 0.1) is 0 Å². The maximum absolute atomic E-state index is 11.7. The van der Waals surface area contributed by atoms with E-state index >= 15 is 0 Å². The van der Waals surface area contributed by atoms with Crippen molar-refractivity contribution in [2.24, 2.45) is 5.73 Å². The molecule has 122 valence electrons. The van der Waals surface area contributed by atoms with Crippen LogP contribution < -0.4 is 17.2 Å². The molecule has 0 aliphatic carbocycles. The Kier molecular flexibility index (Phi) is 4.76. The molecule has 1 aliphatic heterocycles. The second-order valence-electron chi connectivity index (χ2n) is 5.01. The highest BCUT2D eigenvalue weighted by atomic mass is 16.6. The number of carbonyl (C=O) groups is 1. The lowest BCUT2D eigenvalue weighted by molar-refractivity contribution is -0.151. The Hall–Kier alpha value is -2.01. The van der Waals surface area contributed by atoms with Gasteiger partial charge in [0.25, 0.3) is 0 Å². The van der Waals surface area contributed by atoms with Crippen molar-refractivity contribution in [1.29, 1.82) is 0 Å². The number of hydrogen-bond acceptors (Lipinski definition) is 9. The number of anilines is 1. The van der Waals surface area contributed by atoms with Gasteiger partial charge in [-0.3, -0.25) is 9.36 Å². The smallest absolute Gasteiger partial charge is 0.351 e. The topological polar surface area (TPSA) is 163 Å². The number of aromatic nitrogens is 2. The van der Waals surface area contributed by atoms with E-state index in [1.807, 2.05) is 0 Å². The van der Waals surface area contributed by atoms with Crippen LogP contribution in [0.1, 0.15) is 13.2 Å². The number of hydrogen-bond donors (Lipinski definition) is 4. The lowest BCUT2D eigenvalue weighted by Gasteiger charge is -2.17. The zero-order valence-electron chi connectivity index (χ0n) is 11.8. The SMILES string of the molecule is CC(N)C(=O)OCC1OC(n2ccc(N)nc2=O)C(O)C1O. The summed E-state index contributed by atoms with van der Waals surface area (Å²) in [6, 6.07) is 0.538. The molecule has 5 unspecified atom stereocenters. The molecule has 2 rings (SSSR count). The first kappa shape index (κ1) is 16.4. The van der Waals surface area contributed by atoms with Crippen LogP contribution in [0.4, 0.5) is 5.82 Å². The summed E-state index contributed by atoms with van der Waals surface area (Å²) in [7, 11) is 0. The van der Waals surface area contributed by atoms with Crippen molar-refractivity contribution in [1.82, 2.24) is 9.55 Å². The molecule has 0 amide bonds. The Bertz CT molecular complexity index is 604. The van der Waals surface area contributed by atoms with Gasteiger partial charge in [-0.2, -0.15) is 4.98 Å². The van der Waals surface area contributed by atoms with Crippen molar-refractivity contribution in [3.05, 3.63) is 22.7 Å². The number of aliphatic hydroxyl groups is 2. The first-order chi connectivity index (χ1) is 10.3. The van der Waals surface area contributed by atoms with Crippen LogP contribution >= 0.6 is 0 Å². The van der Waals surface area contributed by atoms with Gasteiger partial charge < -0.3 is 31.2 Å². The zero-order valence-corrected chi connectivity index (χ0v) is 11.8. The van der Waals surface area contributed by atoms with Gasteiger partial charge in [-0.15, -0.1) is 0 Å². The van der Waals surface area contributed by atoms with E-state index in [4.69, 9.17) is 20.9 Å². The van der Waals surface area contributed by atoms with E-state index in [9.17, 15) is 19.8 Å². The zero-order chi connectivity index (χ0) is 16.4. The largest absolute Gasteiger partial charge is 0.462 e. The lowest BCUT2D eigenvalue weighted by Crippen LogP contribution is -2.37. The number of aliphatic hydroxyl groups excluding tert-OH is 2. The third-order valence-electron chi connectivity index (χ3n) is 3.22. The molecule has 1 aliphatic rings. The van der Waals surface area contributed by atoms with Crippen molar-refractivity contribution < 1.29 is 24.5 Å². The predicted octanol–water partition coefficient (Wildman–Crippen LogP) is -2.66. The van der Waals surface area contributed by atoms with E-state index in [2.05, 4.69) is 4.98 Å². The van der Waals surface area contributed by atoms with Crippen LogP contribution in [0.3, 0.4) is 0 Å². The lowest BCUT2D eigenvalue weighted by atomic mass is 10.1.